The molecule has 0 aromatic rings. The molecule has 0 aromatic heterocycles. The molecule has 17 heavy (non-hydrogen) atoms. The second-order valence-electron chi connectivity index (χ2n) is 4.90. The summed E-state index contributed by atoms with van der Waals surface area (Å²) in [5, 5.41) is 0. The molecule has 0 aliphatic carbocycles. The van der Waals surface area contributed by atoms with Crippen LogP contribution in [0.2, 0.25) is 0 Å². The Kier molecular flexibility index (Phi) is 2.63. The first-order chi connectivity index (χ1) is 8.33. The van der Waals surface area contributed by atoms with Gasteiger partial charge in [0, 0.05) is 19.6 Å². The summed E-state index contributed by atoms with van der Waals surface area (Å²) in [6.45, 7) is 12.2. The summed E-state index contributed by atoms with van der Waals surface area (Å²) < 4.78 is 0. The van der Waals surface area contributed by atoms with Crippen LogP contribution in [-0.2, 0) is 0 Å². The van der Waals surface area contributed by atoms with Crippen LogP contribution in [0, 0.1) is 0 Å². The summed E-state index contributed by atoms with van der Waals surface area (Å²) in [6, 6.07) is 0.546. The molecule has 90 valence electrons. The van der Waals surface area contributed by atoms with Gasteiger partial charge in [-0.3, -0.25) is 4.90 Å². The third-order valence-electron chi connectivity index (χ3n) is 4.01. The van der Waals surface area contributed by atoms with E-state index in [-0.39, 0.29) is 0 Å². The number of piperazine rings is 1. The standard InChI is InChI=1S/C14H19N3/c1-3-11-10-17-9-8-16-7-5-6-13(16)14(17)15-12(11)4-2/h3-4,13H,1-2,5-10H2. The van der Waals surface area contributed by atoms with Crippen molar-refractivity contribution in [2.45, 2.75) is 18.9 Å². The second kappa shape index (κ2) is 4.15. The SMILES string of the molecule is C=CC1=C(C=C)N=C2C3CCCN3CCN2C1. The Hall–Kier alpha value is -1.35. The molecule has 3 nitrogen and oxygen atoms in total. The Bertz CT molecular complexity index is 419. The summed E-state index contributed by atoms with van der Waals surface area (Å²) in [5.41, 5.74) is 2.22. The van der Waals surface area contributed by atoms with E-state index >= 15 is 0 Å². The van der Waals surface area contributed by atoms with Gasteiger partial charge >= 0.3 is 0 Å². The molecule has 3 aliphatic heterocycles. The van der Waals surface area contributed by atoms with E-state index in [0.29, 0.717) is 6.04 Å². The first kappa shape index (κ1) is 10.8. The molecule has 0 aromatic carbocycles. The van der Waals surface area contributed by atoms with E-state index in [4.69, 9.17) is 4.99 Å². The van der Waals surface area contributed by atoms with Crippen molar-refractivity contribution in [2.75, 3.05) is 26.2 Å². The molecule has 2 saturated heterocycles. The maximum atomic E-state index is 4.81. The summed E-state index contributed by atoms with van der Waals surface area (Å²) in [7, 11) is 0. The lowest BCUT2D eigenvalue weighted by Crippen LogP contribution is -2.55. The van der Waals surface area contributed by atoms with Gasteiger partial charge in [-0.1, -0.05) is 19.2 Å². The predicted molar refractivity (Wildman–Crippen MR) is 71.0 cm³/mol. The Morgan fingerprint density at radius 3 is 2.82 bits per heavy atom. The number of aliphatic imine (C=N–C) groups is 1. The summed E-state index contributed by atoms with van der Waals surface area (Å²) in [5.74, 6) is 1.26. The highest BCUT2D eigenvalue weighted by atomic mass is 15.3. The predicted octanol–water partition coefficient (Wildman–Crippen LogP) is 1.80. The fraction of sp³-hybridized carbons (Fsp3) is 0.500. The van der Waals surface area contributed by atoms with Gasteiger partial charge in [0.25, 0.3) is 0 Å². The zero-order valence-electron chi connectivity index (χ0n) is 10.2. The smallest absolute Gasteiger partial charge is 0.123 e. The van der Waals surface area contributed by atoms with Gasteiger partial charge in [0.15, 0.2) is 0 Å². The van der Waals surface area contributed by atoms with Crippen molar-refractivity contribution < 1.29 is 0 Å². The maximum absolute atomic E-state index is 4.81. The number of amidine groups is 1. The van der Waals surface area contributed by atoms with E-state index in [1.54, 1.807) is 0 Å². The molecule has 3 heterocycles. The molecule has 3 heteroatoms. The lowest BCUT2D eigenvalue weighted by molar-refractivity contribution is 0.218. The van der Waals surface area contributed by atoms with Gasteiger partial charge in [0.2, 0.25) is 0 Å². The number of hydrogen-bond acceptors (Lipinski definition) is 3. The third kappa shape index (κ3) is 1.65. The monoisotopic (exact) mass is 229 g/mol. The van der Waals surface area contributed by atoms with E-state index in [9.17, 15) is 0 Å². The molecule has 1 unspecified atom stereocenters. The van der Waals surface area contributed by atoms with Crippen LogP contribution in [0.1, 0.15) is 12.8 Å². The van der Waals surface area contributed by atoms with Gasteiger partial charge in [0.1, 0.15) is 5.84 Å². The molecule has 2 fully saturated rings. The van der Waals surface area contributed by atoms with Crippen molar-refractivity contribution in [1.82, 2.24) is 9.80 Å². The van der Waals surface area contributed by atoms with Gasteiger partial charge in [-0.15, -0.1) is 0 Å². The Balaban J connectivity index is 1.98. The minimum absolute atomic E-state index is 0.546. The zero-order valence-corrected chi connectivity index (χ0v) is 10.2. The molecule has 0 N–H and O–H groups in total. The van der Waals surface area contributed by atoms with Crippen molar-refractivity contribution in [3.63, 3.8) is 0 Å². The highest BCUT2D eigenvalue weighted by molar-refractivity contribution is 5.91. The van der Waals surface area contributed by atoms with Gasteiger partial charge in [0.05, 0.1) is 11.7 Å². The number of hydrogen-bond donors (Lipinski definition) is 0. The molecule has 0 spiro atoms. The molecular formula is C14H19N3. The van der Waals surface area contributed by atoms with Crippen LogP contribution < -0.4 is 0 Å². The fourth-order valence-electron chi connectivity index (χ4n) is 3.09. The minimum Gasteiger partial charge on any atom is -0.353 e. The van der Waals surface area contributed by atoms with Crippen molar-refractivity contribution in [3.8, 4) is 0 Å². The van der Waals surface area contributed by atoms with E-state index in [0.717, 1.165) is 18.8 Å². The van der Waals surface area contributed by atoms with Gasteiger partial charge in [-0.2, -0.15) is 0 Å². The summed E-state index contributed by atoms with van der Waals surface area (Å²) in [6.07, 6.45) is 6.33. The molecule has 3 rings (SSSR count). The molecule has 1 atom stereocenters. The molecule has 0 radical (unpaired) electrons. The Morgan fingerprint density at radius 1 is 1.18 bits per heavy atom. The first-order valence-corrected chi connectivity index (χ1v) is 6.39. The lowest BCUT2D eigenvalue weighted by Gasteiger charge is -2.42. The summed E-state index contributed by atoms with van der Waals surface area (Å²) in [4.78, 5) is 9.79. The molecule has 0 amide bonds. The number of allylic oxidation sites excluding steroid dienone is 1. The van der Waals surface area contributed by atoms with Gasteiger partial charge in [-0.05, 0) is 31.0 Å². The number of fused-ring (bicyclic) bond motifs is 3. The Morgan fingerprint density at radius 2 is 2.06 bits per heavy atom. The van der Waals surface area contributed by atoms with Crippen molar-refractivity contribution in [2.24, 2.45) is 4.99 Å². The first-order valence-electron chi connectivity index (χ1n) is 6.39. The Labute approximate surface area is 103 Å². The van der Waals surface area contributed by atoms with E-state index in [1.165, 1.54) is 37.3 Å². The van der Waals surface area contributed by atoms with E-state index < -0.39 is 0 Å². The molecule has 0 bridgehead atoms. The molecule has 0 saturated carbocycles. The third-order valence-corrected chi connectivity index (χ3v) is 4.01. The highest BCUT2D eigenvalue weighted by Gasteiger charge is 2.37. The van der Waals surface area contributed by atoms with Crippen LogP contribution in [0.5, 0.6) is 0 Å². The van der Waals surface area contributed by atoms with Crippen LogP contribution in [-0.4, -0.2) is 47.9 Å². The normalized spacial score (nSPS) is 28.6. The minimum atomic E-state index is 0.546. The van der Waals surface area contributed by atoms with Crippen molar-refractivity contribution in [3.05, 3.63) is 36.6 Å². The lowest BCUT2D eigenvalue weighted by atomic mass is 10.1. The van der Waals surface area contributed by atoms with Crippen LogP contribution >= 0.6 is 0 Å². The quantitative estimate of drug-likeness (QED) is 0.719. The van der Waals surface area contributed by atoms with E-state index in [2.05, 4.69) is 23.0 Å². The average molecular weight is 229 g/mol. The largest absolute Gasteiger partial charge is 0.353 e. The van der Waals surface area contributed by atoms with Crippen LogP contribution in [0.25, 0.3) is 0 Å². The van der Waals surface area contributed by atoms with Crippen molar-refractivity contribution >= 4 is 5.84 Å². The number of rotatable bonds is 2. The fourth-order valence-corrected chi connectivity index (χ4v) is 3.09. The van der Waals surface area contributed by atoms with Crippen molar-refractivity contribution in [1.29, 1.82) is 0 Å². The van der Waals surface area contributed by atoms with Crippen LogP contribution in [0.15, 0.2) is 41.6 Å². The van der Waals surface area contributed by atoms with Crippen LogP contribution in [0.3, 0.4) is 0 Å². The van der Waals surface area contributed by atoms with Crippen LogP contribution in [0.4, 0.5) is 0 Å². The van der Waals surface area contributed by atoms with Gasteiger partial charge in [-0.25, -0.2) is 4.99 Å². The molecular weight excluding hydrogens is 210 g/mol. The van der Waals surface area contributed by atoms with E-state index in [1.807, 2.05) is 12.2 Å². The number of nitrogens with zero attached hydrogens (tertiary/aromatic N) is 3. The molecule has 3 aliphatic rings. The average Bonchev–Trinajstić information content (AvgIpc) is 2.85. The maximum Gasteiger partial charge on any atom is 0.123 e. The second-order valence-corrected chi connectivity index (χ2v) is 4.90. The topological polar surface area (TPSA) is 18.8 Å². The van der Waals surface area contributed by atoms with Gasteiger partial charge < -0.3 is 4.90 Å². The summed E-state index contributed by atoms with van der Waals surface area (Å²) >= 11 is 0. The zero-order chi connectivity index (χ0) is 11.8. The highest BCUT2D eigenvalue weighted by Crippen LogP contribution is 2.28.